The lowest BCUT2D eigenvalue weighted by molar-refractivity contribution is -0.143. The predicted octanol–water partition coefficient (Wildman–Crippen LogP) is 3.17. The molecule has 3 rings (SSSR count). The van der Waals surface area contributed by atoms with Gasteiger partial charge in [-0.15, -0.1) is 0 Å². The smallest absolute Gasteiger partial charge is 0.306 e. The van der Waals surface area contributed by atoms with Crippen molar-refractivity contribution in [2.24, 2.45) is 0 Å². The quantitative estimate of drug-likeness (QED) is 0.439. The molecule has 9 heteroatoms. The number of carbonyl (C=O) groups is 2. The molecule has 0 amide bonds. The number of nitriles is 1. The summed E-state index contributed by atoms with van der Waals surface area (Å²) < 4.78 is 30.5. The number of carbonyl (C=O) groups excluding carboxylic acids is 2. The van der Waals surface area contributed by atoms with Crippen LogP contribution >= 0.6 is 0 Å². The molecule has 0 spiro atoms. The summed E-state index contributed by atoms with van der Waals surface area (Å²) in [7, 11) is -3.86. The zero-order valence-electron chi connectivity index (χ0n) is 16.5. The maximum Gasteiger partial charge on any atom is 0.306 e. The molecular formula is C22H18N2O6S. The number of aromatic hydroxyl groups is 1. The molecule has 0 saturated heterocycles. The van der Waals surface area contributed by atoms with Crippen LogP contribution in [0.3, 0.4) is 0 Å². The fraction of sp³-hybridized carbons (Fsp3) is 0.182. The number of fused-ring (bicyclic) bond motifs is 1. The van der Waals surface area contributed by atoms with Gasteiger partial charge in [-0.25, -0.2) is 13.4 Å². The summed E-state index contributed by atoms with van der Waals surface area (Å²) >= 11 is 0. The summed E-state index contributed by atoms with van der Waals surface area (Å²) in [5.41, 5.74) is -0.456. The number of Topliss-reactive ketones (excluding diaryl/α,β-unsaturated/α-hetero) is 1. The number of ether oxygens (including phenoxy) is 1. The van der Waals surface area contributed by atoms with Crippen molar-refractivity contribution in [3.63, 3.8) is 0 Å². The summed E-state index contributed by atoms with van der Waals surface area (Å²) in [6.45, 7) is 1.82. The first-order chi connectivity index (χ1) is 14.8. The second kappa shape index (κ2) is 8.93. The molecule has 2 aromatic carbocycles. The number of hydrogen-bond donors (Lipinski definition) is 1. The van der Waals surface area contributed by atoms with Gasteiger partial charge in [0.2, 0.25) is 9.84 Å². The van der Waals surface area contributed by atoms with Gasteiger partial charge in [-0.2, -0.15) is 5.26 Å². The van der Waals surface area contributed by atoms with Crippen molar-refractivity contribution in [2.45, 2.75) is 29.6 Å². The van der Waals surface area contributed by atoms with Crippen LogP contribution in [0.15, 0.2) is 58.3 Å². The van der Waals surface area contributed by atoms with E-state index in [1.165, 1.54) is 30.3 Å². The summed E-state index contributed by atoms with van der Waals surface area (Å²) in [6, 6.07) is 13.5. The third kappa shape index (κ3) is 4.39. The van der Waals surface area contributed by atoms with Crippen molar-refractivity contribution >= 4 is 32.5 Å². The molecule has 0 radical (unpaired) electrons. The van der Waals surface area contributed by atoms with Crippen molar-refractivity contribution < 1.29 is 27.9 Å². The molecule has 158 valence electrons. The van der Waals surface area contributed by atoms with Gasteiger partial charge < -0.3 is 9.84 Å². The van der Waals surface area contributed by atoms with Gasteiger partial charge >= 0.3 is 5.97 Å². The van der Waals surface area contributed by atoms with Gasteiger partial charge in [-0.05, 0) is 37.3 Å². The third-order valence-corrected chi connectivity index (χ3v) is 6.30. The Morgan fingerprint density at radius 2 is 1.81 bits per heavy atom. The summed E-state index contributed by atoms with van der Waals surface area (Å²) in [5, 5.41) is 20.1. The fourth-order valence-electron chi connectivity index (χ4n) is 3.01. The molecule has 0 aliphatic rings. The molecule has 1 aromatic heterocycles. The van der Waals surface area contributed by atoms with Gasteiger partial charge in [0.25, 0.3) is 0 Å². The molecule has 0 unspecified atom stereocenters. The molecule has 0 bridgehead atoms. The second-order valence-corrected chi connectivity index (χ2v) is 8.47. The maximum atomic E-state index is 12.9. The van der Waals surface area contributed by atoms with Gasteiger partial charge in [0.05, 0.1) is 28.3 Å². The predicted molar refractivity (Wildman–Crippen MR) is 110 cm³/mol. The Hall–Kier alpha value is -3.77. The van der Waals surface area contributed by atoms with E-state index in [9.17, 15) is 28.4 Å². The molecular weight excluding hydrogens is 420 g/mol. The average molecular weight is 438 g/mol. The Kier molecular flexibility index (Phi) is 6.32. The number of ketones is 1. The van der Waals surface area contributed by atoms with E-state index < -0.39 is 27.3 Å². The lowest BCUT2D eigenvalue weighted by Gasteiger charge is -2.10. The molecule has 3 aromatic rings. The van der Waals surface area contributed by atoms with Crippen LogP contribution in [0, 0.1) is 11.3 Å². The van der Waals surface area contributed by atoms with Crippen LogP contribution in [0.2, 0.25) is 0 Å². The Bertz CT molecular complexity index is 1310. The van der Waals surface area contributed by atoms with Crippen LogP contribution in [-0.2, 0) is 19.4 Å². The number of nitrogens with zero attached hydrogens (tertiary/aromatic N) is 2. The summed E-state index contributed by atoms with van der Waals surface area (Å²) in [4.78, 5) is 28.0. The zero-order chi connectivity index (χ0) is 22.6. The van der Waals surface area contributed by atoms with Crippen LogP contribution in [0.4, 0.5) is 0 Å². The van der Waals surface area contributed by atoms with Crippen molar-refractivity contribution in [3.8, 4) is 11.8 Å². The highest BCUT2D eigenvalue weighted by Crippen LogP contribution is 2.32. The Labute approximate surface area is 178 Å². The van der Waals surface area contributed by atoms with Gasteiger partial charge in [0, 0.05) is 11.8 Å². The zero-order valence-corrected chi connectivity index (χ0v) is 17.3. The maximum absolute atomic E-state index is 12.9. The second-order valence-electron chi connectivity index (χ2n) is 6.52. The van der Waals surface area contributed by atoms with Crippen LogP contribution in [0.25, 0.3) is 10.9 Å². The minimum Gasteiger partial charge on any atom is -0.504 e. The number of aromatic nitrogens is 1. The van der Waals surface area contributed by atoms with Crippen LogP contribution in [-0.4, -0.2) is 36.9 Å². The Morgan fingerprint density at radius 3 is 2.45 bits per heavy atom. The molecule has 0 saturated carbocycles. The number of esters is 1. The molecule has 0 fully saturated rings. The van der Waals surface area contributed by atoms with E-state index in [4.69, 9.17) is 4.74 Å². The van der Waals surface area contributed by atoms with E-state index in [2.05, 4.69) is 4.98 Å². The third-order valence-electron chi connectivity index (χ3n) is 4.53. The highest BCUT2D eigenvalue weighted by Gasteiger charge is 2.23. The fourth-order valence-corrected chi connectivity index (χ4v) is 4.32. The monoisotopic (exact) mass is 438 g/mol. The summed E-state index contributed by atoms with van der Waals surface area (Å²) in [5.74, 6) is -1.85. The van der Waals surface area contributed by atoms with Gasteiger partial charge in [-0.1, -0.05) is 18.2 Å². The molecule has 0 atom stereocenters. The molecule has 31 heavy (non-hydrogen) atoms. The standard InChI is InChI=1S/C22H18N2O6S/c1-2-30-20(26)11-10-19(25)21-22(27)17(13-23)16-12-15(8-9-18(16)24-21)31(28,29)14-6-4-3-5-7-14/h3-9,12,27H,2,10-11H2,1H3. The molecule has 8 nitrogen and oxygen atoms in total. The van der Waals surface area contributed by atoms with E-state index >= 15 is 0 Å². The number of rotatable bonds is 7. The SMILES string of the molecule is CCOC(=O)CCC(=O)c1nc2ccc(S(=O)(=O)c3ccccc3)cc2c(C#N)c1O. The van der Waals surface area contributed by atoms with E-state index in [0.29, 0.717) is 0 Å². The largest absolute Gasteiger partial charge is 0.504 e. The Morgan fingerprint density at radius 1 is 1.10 bits per heavy atom. The van der Waals surface area contributed by atoms with Gasteiger partial charge in [-0.3, -0.25) is 9.59 Å². The lowest BCUT2D eigenvalue weighted by Crippen LogP contribution is -2.10. The van der Waals surface area contributed by atoms with Gasteiger partial charge in [0.1, 0.15) is 17.3 Å². The van der Waals surface area contributed by atoms with Crippen LogP contribution < -0.4 is 0 Å². The summed E-state index contributed by atoms with van der Waals surface area (Å²) in [6.07, 6.45) is -0.446. The van der Waals surface area contributed by atoms with Crippen molar-refractivity contribution in [1.82, 2.24) is 4.98 Å². The Balaban J connectivity index is 2.05. The average Bonchev–Trinajstić information content (AvgIpc) is 2.77. The lowest BCUT2D eigenvalue weighted by atomic mass is 10.0. The van der Waals surface area contributed by atoms with Crippen molar-refractivity contribution in [2.75, 3.05) is 6.61 Å². The minimum atomic E-state index is -3.86. The topological polar surface area (TPSA) is 134 Å². The highest BCUT2D eigenvalue weighted by atomic mass is 32.2. The molecule has 0 aliphatic carbocycles. The molecule has 1 heterocycles. The van der Waals surface area contributed by atoms with Crippen LogP contribution in [0.5, 0.6) is 5.75 Å². The number of hydrogen-bond acceptors (Lipinski definition) is 8. The first-order valence-electron chi connectivity index (χ1n) is 9.35. The first kappa shape index (κ1) is 21.9. The van der Waals surface area contributed by atoms with E-state index in [1.54, 1.807) is 25.1 Å². The van der Waals surface area contributed by atoms with E-state index in [1.807, 2.05) is 6.07 Å². The van der Waals surface area contributed by atoms with Crippen molar-refractivity contribution in [3.05, 3.63) is 59.8 Å². The highest BCUT2D eigenvalue weighted by molar-refractivity contribution is 7.91. The first-order valence-corrected chi connectivity index (χ1v) is 10.8. The van der Waals surface area contributed by atoms with E-state index in [0.717, 1.165) is 0 Å². The van der Waals surface area contributed by atoms with Gasteiger partial charge in [0.15, 0.2) is 11.5 Å². The van der Waals surface area contributed by atoms with Crippen LogP contribution in [0.1, 0.15) is 35.8 Å². The number of sulfone groups is 1. The molecule has 0 aliphatic heterocycles. The number of pyridine rings is 1. The van der Waals surface area contributed by atoms with Crippen molar-refractivity contribution in [1.29, 1.82) is 5.26 Å². The van der Waals surface area contributed by atoms with E-state index in [-0.39, 0.29) is 51.4 Å². The normalized spacial score (nSPS) is 11.1. The number of benzene rings is 2. The minimum absolute atomic E-state index is 0.0784. The molecule has 1 N–H and O–H groups in total.